The van der Waals surface area contributed by atoms with Gasteiger partial charge in [-0.05, 0) is 37.5 Å². The summed E-state index contributed by atoms with van der Waals surface area (Å²) < 4.78 is 1.91. The van der Waals surface area contributed by atoms with Crippen LogP contribution in [0.15, 0.2) is 48.8 Å². The number of nitrogens with two attached hydrogens (primary N) is 1. The molecule has 1 amide bonds. The standard InChI is InChI=1S/C20H23N7O/c1-14-4-2-3-5-16(14)19(28)25-18-7-11-23-27(18)15-8-12-26(13-9-15)20-22-10-6-17(21)24-20/h2-7,10-11,15H,8-9,12-13H2,1H3,(H,25,28)(H2,21,22,24). The first-order valence-electron chi connectivity index (χ1n) is 9.36. The number of aryl methyl sites for hydroxylation is 1. The van der Waals surface area contributed by atoms with E-state index in [-0.39, 0.29) is 11.9 Å². The summed E-state index contributed by atoms with van der Waals surface area (Å²) in [5.74, 6) is 1.73. The van der Waals surface area contributed by atoms with Crippen molar-refractivity contribution in [2.24, 2.45) is 0 Å². The van der Waals surface area contributed by atoms with Gasteiger partial charge in [-0.3, -0.25) is 4.79 Å². The highest BCUT2D eigenvalue weighted by Crippen LogP contribution is 2.27. The number of nitrogen functional groups attached to an aromatic ring is 1. The average molecular weight is 377 g/mol. The Morgan fingerprint density at radius 3 is 2.68 bits per heavy atom. The van der Waals surface area contributed by atoms with E-state index in [1.165, 1.54) is 0 Å². The number of hydrogen-bond donors (Lipinski definition) is 2. The molecule has 4 rings (SSSR count). The topological polar surface area (TPSA) is 102 Å². The lowest BCUT2D eigenvalue weighted by Gasteiger charge is -2.32. The quantitative estimate of drug-likeness (QED) is 0.725. The number of nitrogens with one attached hydrogen (secondary N) is 1. The van der Waals surface area contributed by atoms with Crippen molar-refractivity contribution in [3.8, 4) is 0 Å². The van der Waals surface area contributed by atoms with Crippen LogP contribution in [0, 0.1) is 6.92 Å². The smallest absolute Gasteiger partial charge is 0.257 e. The Bertz CT molecular complexity index is 976. The number of nitrogens with zero attached hydrogens (tertiary/aromatic N) is 5. The van der Waals surface area contributed by atoms with E-state index in [1.54, 1.807) is 18.5 Å². The van der Waals surface area contributed by atoms with Gasteiger partial charge >= 0.3 is 0 Å². The summed E-state index contributed by atoms with van der Waals surface area (Å²) in [4.78, 5) is 23.4. The van der Waals surface area contributed by atoms with Crippen LogP contribution in [-0.4, -0.2) is 38.7 Å². The number of carbonyl (C=O) groups excluding carboxylic acids is 1. The average Bonchev–Trinajstić information content (AvgIpc) is 3.16. The van der Waals surface area contributed by atoms with Gasteiger partial charge in [0.05, 0.1) is 12.2 Å². The zero-order chi connectivity index (χ0) is 19.5. The summed E-state index contributed by atoms with van der Waals surface area (Å²) in [5.41, 5.74) is 7.38. The molecule has 2 aromatic heterocycles. The molecule has 8 nitrogen and oxygen atoms in total. The Labute approximate surface area is 163 Å². The minimum absolute atomic E-state index is 0.120. The molecule has 0 saturated carbocycles. The molecule has 0 bridgehead atoms. The maximum Gasteiger partial charge on any atom is 0.257 e. The number of amides is 1. The fraction of sp³-hybridized carbons (Fsp3) is 0.300. The second-order valence-electron chi connectivity index (χ2n) is 6.93. The molecular formula is C20H23N7O. The Morgan fingerprint density at radius 2 is 1.93 bits per heavy atom. The molecule has 0 spiro atoms. The van der Waals surface area contributed by atoms with Gasteiger partial charge in [-0.2, -0.15) is 10.1 Å². The van der Waals surface area contributed by atoms with Crippen molar-refractivity contribution in [2.45, 2.75) is 25.8 Å². The number of hydrogen-bond acceptors (Lipinski definition) is 6. The predicted octanol–water partition coefficient (Wildman–Crippen LogP) is 2.66. The van der Waals surface area contributed by atoms with Gasteiger partial charge in [0.25, 0.3) is 5.91 Å². The number of piperidine rings is 1. The zero-order valence-corrected chi connectivity index (χ0v) is 15.7. The molecular weight excluding hydrogens is 354 g/mol. The zero-order valence-electron chi connectivity index (χ0n) is 15.7. The van der Waals surface area contributed by atoms with E-state index >= 15 is 0 Å². The summed E-state index contributed by atoms with van der Waals surface area (Å²) in [6.45, 7) is 3.54. The summed E-state index contributed by atoms with van der Waals surface area (Å²) in [7, 11) is 0. The van der Waals surface area contributed by atoms with Crippen LogP contribution >= 0.6 is 0 Å². The van der Waals surface area contributed by atoms with Crippen LogP contribution in [0.5, 0.6) is 0 Å². The van der Waals surface area contributed by atoms with Gasteiger partial charge in [-0.1, -0.05) is 18.2 Å². The van der Waals surface area contributed by atoms with Gasteiger partial charge in [0.15, 0.2) is 0 Å². The molecule has 3 heterocycles. The van der Waals surface area contributed by atoms with Gasteiger partial charge < -0.3 is 16.0 Å². The number of aromatic nitrogens is 4. The van der Waals surface area contributed by atoms with Crippen molar-refractivity contribution in [2.75, 3.05) is 29.0 Å². The van der Waals surface area contributed by atoms with Gasteiger partial charge in [-0.15, -0.1) is 0 Å². The van der Waals surface area contributed by atoms with Crippen LogP contribution in [0.25, 0.3) is 0 Å². The lowest BCUT2D eigenvalue weighted by molar-refractivity contribution is 0.102. The van der Waals surface area contributed by atoms with E-state index in [4.69, 9.17) is 5.73 Å². The van der Waals surface area contributed by atoms with Crippen molar-refractivity contribution < 1.29 is 4.79 Å². The van der Waals surface area contributed by atoms with Crippen LogP contribution in [0.4, 0.5) is 17.6 Å². The Balaban J connectivity index is 1.44. The summed E-state index contributed by atoms with van der Waals surface area (Å²) >= 11 is 0. The van der Waals surface area contributed by atoms with Gasteiger partial charge in [-0.25, -0.2) is 9.67 Å². The molecule has 0 atom stereocenters. The van der Waals surface area contributed by atoms with E-state index in [0.717, 1.165) is 31.5 Å². The maximum absolute atomic E-state index is 12.6. The van der Waals surface area contributed by atoms with Gasteiger partial charge in [0, 0.05) is 30.9 Å². The molecule has 1 aromatic carbocycles. The number of carbonyl (C=O) groups is 1. The molecule has 1 fully saturated rings. The fourth-order valence-corrected chi connectivity index (χ4v) is 3.54. The SMILES string of the molecule is Cc1ccccc1C(=O)Nc1ccnn1C1CCN(c2nccc(N)n2)CC1. The van der Waals surface area contributed by atoms with Crippen LogP contribution in [-0.2, 0) is 0 Å². The molecule has 0 unspecified atom stereocenters. The molecule has 28 heavy (non-hydrogen) atoms. The normalized spacial score (nSPS) is 14.8. The summed E-state index contributed by atoms with van der Waals surface area (Å²) in [6.07, 6.45) is 5.16. The second-order valence-corrected chi connectivity index (χ2v) is 6.93. The van der Waals surface area contributed by atoms with Crippen LogP contribution in [0.3, 0.4) is 0 Å². The third-order valence-electron chi connectivity index (χ3n) is 5.06. The number of benzene rings is 1. The summed E-state index contributed by atoms with van der Waals surface area (Å²) in [6, 6.07) is 11.3. The summed E-state index contributed by atoms with van der Waals surface area (Å²) in [5, 5.41) is 7.46. The minimum Gasteiger partial charge on any atom is -0.384 e. The molecule has 3 aromatic rings. The van der Waals surface area contributed by atoms with Crippen LogP contribution in [0.1, 0.15) is 34.8 Å². The lowest BCUT2D eigenvalue weighted by Crippen LogP contribution is -2.36. The second kappa shape index (κ2) is 7.67. The monoisotopic (exact) mass is 377 g/mol. The van der Waals surface area contributed by atoms with Crippen LogP contribution < -0.4 is 16.0 Å². The molecule has 1 aliphatic heterocycles. The van der Waals surface area contributed by atoms with Crippen molar-refractivity contribution >= 4 is 23.5 Å². The first kappa shape index (κ1) is 18.0. The van der Waals surface area contributed by atoms with Crippen molar-refractivity contribution in [1.82, 2.24) is 19.7 Å². The lowest BCUT2D eigenvalue weighted by atomic mass is 10.1. The first-order valence-corrected chi connectivity index (χ1v) is 9.36. The van der Waals surface area contributed by atoms with E-state index < -0.39 is 0 Å². The Kier molecular flexibility index (Phi) is 4.92. The van der Waals surface area contributed by atoms with Gasteiger partial charge in [0.2, 0.25) is 5.95 Å². The molecule has 8 heteroatoms. The van der Waals surface area contributed by atoms with E-state index in [9.17, 15) is 4.79 Å². The fourth-order valence-electron chi connectivity index (χ4n) is 3.54. The Morgan fingerprint density at radius 1 is 1.14 bits per heavy atom. The highest BCUT2D eigenvalue weighted by molar-refractivity contribution is 6.04. The molecule has 0 aliphatic carbocycles. The molecule has 1 saturated heterocycles. The largest absolute Gasteiger partial charge is 0.384 e. The van der Waals surface area contributed by atoms with Crippen LogP contribution in [0.2, 0.25) is 0 Å². The minimum atomic E-state index is -0.120. The third kappa shape index (κ3) is 3.66. The van der Waals surface area contributed by atoms with E-state index in [2.05, 4.69) is 25.3 Å². The van der Waals surface area contributed by atoms with E-state index in [0.29, 0.717) is 23.1 Å². The van der Waals surface area contributed by atoms with E-state index in [1.807, 2.05) is 41.9 Å². The number of rotatable bonds is 4. The highest BCUT2D eigenvalue weighted by Gasteiger charge is 2.24. The molecule has 1 aliphatic rings. The maximum atomic E-state index is 12.6. The predicted molar refractivity (Wildman–Crippen MR) is 108 cm³/mol. The first-order chi connectivity index (χ1) is 13.6. The molecule has 144 valence electrons. The van der Waals surface area contributed by atoms with Gasteiger partial charge in [0.1, 0.15) is 11.6 Å². The third-order valence-corrected chi connectivity index (χ3v) is 5.06. The highest BCUT2D eigenvalue weighted by atomic mass is 16.1. The molecule has 0 radical (unpaired) electrons. The molecule has 3 N–H and O–H groups in total. The van der Waals surface area contributed by atoms with Crippen molar-refractivity contribution in [1.29, 1.82) is 0 Å². The number of anilines is 3. The van der Waals surface area contributed by atoms with Crippen molar-refractivity contribution in [3.63, 3.8) is 0 Å². The van der Waals surface area contributed by atoms with Crippen molar-refractivity contribution in [3.05, 3.63) is 59.9 Å². The Hall–Kier alpha value is -3.42.